The molecule has 1 fully saturated rings. The van der Waals surface area contributed by atoms with Crippen molar-refractivity contribution in [3.05, 3.63) is 12.2 Å². The lowest BCUT2D eigenvalue weighted by Gasteiger charge is -2.20. The van der Waals surface area contributed by atoms with Gasteiger partial charge in [-0.1, -0.05) is 76.9 Å². The van der Waals surface area contributed by atoms with Crippen molar-refractivity contribution in [1.82, 2.24) is 0 Å². The van der Waals surface area contributed by atoms with E-state index in [1.807, 2.05) is 0 Å². The van der Waals surface area contributed by atoms with E-state index in [0.29, 0.717) is 6.61 Å². The molecule has 1 saturated heterocycles. The summed E-state index contributed by atoms with van der Waals surface area (Å²) >= 11 is 0. The lowest BCUT2D eigenvalue weighted by Crippen LogP contribution is -2.41. The second-order valence-electron chi connectivity index (χ2n) is 8.39. The van der Waals surface area contributed by atoms with Gasteiger partial charge in [-0.15, -0.1) is 0 Å². The first-order valence-electron chi connectivity index (χ1n) is 12.1. The Morgan fingerprint density at radius 1 is 0.897 bits per heavy atom. The Hall–Kier alpha value is -0.460. The summed E-state index contributed by atoms with van der Waals surface area (Å²) < 4.78 is 11.0. The van der Waals surface area contributed by atoms with Gasteiger partial charge in [0.05, 0.1) is 13.2 Å². The van der Waals surface area contributed by atoms with Gasteiger partial charge in [0.15, 0.2) is 0 Å². The maximum absolute atomic E-state index is 10.1. The van der Waals surface area contributed by atoms with Crippen molar-refractivity contribution in [3.63, 3.8) is 0 Å². The molecule has 29 heavy (non-hydrogen) atoms. The van der Waals surface area contributed by atoms with E-state index in [1.54, 1.807) is 0 Å². The maximum atomic E-state index is 10.1. The molecule has 0 aromatic rings. The van der Waals surface area contributed by atoms with E-state index >= 15 is 0 Å². The van der Waals surface area contributed by atoms with Crippen molar-refractivity contribution in [2.45, 2.75) is 121 Å². The Morgan fingerprint density at radius 2 is 1.45 bits per heavy atom. The van der Waals surface area contributed by atoms with Crippen LogP contribution in [-0.4, -0.2) is 59.6 Å². The summed E-state index contributed by atoms with van der Waals surface area (Å²) in [4.78, 5) is 0. The predicted octanol–water partition coefficient (Wildman–Crippen LogP) is 4.52. The van der Waals surface area contributed by atoms with Gasteiger partial charge < -0.3 is 24.8 Å². The minimum absolute atomic E-state index is 0.268. The van der Waals surface area contributed by atoms with Gasteiger partial charge in [-0.3, -0.25) is 0 Å². The van der Waals surface area contributed by atoms with Crippen LogP contribution in [-0.2, 0) is 9.47 Å². The van der Waals surface area contributed by atoms with Crippen LogP contribution in [0.3, 0.4) is 0 Å². The molecule has 0 unspecified atom stereocenters. The van der Waals surface area contributed by atoms with E-state index in [1.165, 1.54) is 64.2 Å². The van der Waals surface area contributed by atoms with Gasteiger partial charge in [0.2, 0.25) is 0 Å². The number of ether oxygens (including phenoxy) is 2. The van der Waals surface area contributed by atoms with Crippen molar-refractivity contribution in [1.29, 1.82) is 0 Å². The lowest BCUT2D eigenvalue weighted by atomic mass is 10.1. The first-order valence-corrected chi connectivity index (χ1v) is 12.1. The third kappa shape index (κ3) is 12.7. The molecule has 1 aliphatic rings. The molecule has 0 aliphatic carbocycles. The Bertz CT molecular complexity index is 387. The normalized spacial score (nSPS) is 23.2. The van der Waals surface area contributed by atoms with E-state index in [2.05, 4.69) is 19.1 Å². The molecular formula is C24H46O5. The largest absolute Gasteiger partial charge is 0.394 e. The topological polar surface area (TPSA) is 79.2 Å². The molecule has 5 heteroatoms. The van der Waals surface area contributed by atoms with E-state index < -0.39 is 31.0 Å². The number of aliphatic hydroxyl groups is 3. The molecule has 1 rings (SSSR count). The summed E-state index contributed by atoms with van der Waals surface area (Å²) in [6.45, 7) is 2.71. The first-order chi connectivity index (χ1) is 14.2. The van der Waals surface area contributed by atoms with Crippen molar-refractivity contribution < 1.29 is 24.8 Å². The van der Waals surface area contributed by atoms with Crippen LogP contribution in [0.1, 0.15) is 96.8 Å². The molecule has 0 radical (unpaired) electrons. The van der Waals surface area contributed by atoms with Crippen LogP contribution in [0.15, 0.2) is 12.2 Å². The van der Waals surface area contributed by atoms with Gasteiger partial charge in [-0.2, -0.15) is 0 Å². The fourth-order valence-corrected chi connectivity index (χ4v) is 3.79. The molecule has 5 nitrogen and oxygen atoms in total. The third-order valence-electron chi connectivity index (χ3n) is 5.72. The molecule has 0 aromatic heterocycles. The zero-order valence-corrected chi connectivity index (χ0v) is 18.6. The van der Waals surface area contributed by atoms with Gasteiger partial charge in [0.1, 0.15) is 24.4 Å². The molecule has 1 aliphatic heterocycles. The number of hydrogen-bond acceptors (Lipinski definition) is 5. The van der Waals surface area contributed by atoms with Crippen LogP contribution >= 0.6 is 0 Å². The quantitative estimate of drug-likeness (QED) is 0.214. The number of rotatable bonds is 19. The lowest BCUT2D eigenvalue weighted by molar-refractivity contribution is -0.0730. The molecule has 0 spiro atoms. The van der Waals surface area contributed by atoms with E-state index in [9.17, 15) is 10.2 Å². The maximum Gasteiger partial charge on any atom is 0.114 e. The molecule has 0 bridgehead atoms. The highest BCUT2D eigenvalue weighted by atomic mass is 16.6. The van der Waals surface area contributed by atoms with Crippen molar-refractivity contribution >= 4 is 0 Å². The second-order valence-corrected chi connectivity index (χ2v) is 8.39. The number of hydrogen-bond donors (Lipinski definition) is 3. The van der Waals surface area contributed by atoms with Crippen LogP contribution in [0.5, 0.6) is 0 Å². The summed E-state index contributed by atoms with van der Waals surface area (Å²) in [6.07, 6.45) is 19.6. The average molecular weight is 415 g/mol. The molecule has 0 aromatic carbocycles. The third-order valence-corrected chi connectivity index (χ3v) is 5.72. The molecule has 172 valence electrons. The second kappa shape index (κ2) is 18.3. The molecule has 3 N–H and O–H groups in total. The molecule has 1 heterocycles. The van der Waals surface area contributed by atoms with Gasteiger partial charge >= 0.3 is 0 Å². The fraction of sp³-hybridized carbons (Fsp3) is 0.917. The van der Waals surface area contributed by atoms with Gasteiger partial charge in [-0.05, 0) is 32.1 Å². The smallest absolute Gasteiger partial charge is 0.114 e. The van der Waals surface area contributed by atoms with E-state index in [0.717, 1.165) is 25.7 Å². The van der Waals surface area contributed by atoms with Gasteiger partial charge in [-0.25, -0.2) is 0 Å². The SMILES string of the molecule is CCCCCCCCCCC/C=C/CCCCCO[C@@H]1CO[C@H]([C@@H](O)CO)[C@@H]1O. The minimum atomic E-state index is -1.05. The highest BCUT2D eigenvalue weighted by molar-refractivity contribution is 4.88. The zero-order valence-electron chi connectivity index (χ0n) is 18.6. The molecule has 4 atom stereocenters. The van der Waals surface area contributed by atoms with Crippen molar-refractivity contribution in [2.24, 2.45) is 0 Å². The highest BCUT2D eigenvalue weighted by Gasteiger charge is 2.40. The number of unbranched alkanes of at least 4 members (excludes halogenated alkanes) is 12. The Kier molecular flexibility index (Phi) is 16.8. The molecule has 0 saturated carbocycles. The predicted molar refractivity (Wildman–Crippen MR) is 118 cm³/mol. The highest BCUT2D eigenvalue weighted by Crippen LogP contribution is 2.20. The van der Waals surface area contributed by atoms with Crippen LogP contribution in [0, 0.1) is 0 Å². The Morgan fingerprint density at radius 3 is 2.03 bits per heavy atom. The summed E-state index contributed by atoms with van der Waals surface area (Å²) in [5, 5.41) is 28.6. The summed E-state index contributed by atoms with van der Waals surface area (Å²) in [5.41, 5.74) is 0. The first kappa shape index (κ1) is 26.6. The zero-order chi connectivity index (χ0) is 21.2. The van der Waals surface area contributed by atoms with Gasteiger partial charge in [0.25, 0.3) is 0 Å². The average Bonchev–Trinajstić information content (AvgIpc) is 3.10. The van der Waals surface area contributed by atoms with Crippen LogP contribution in [0.25, 0.3) is 0 Å². The standard InChI is InChI=1S/C24H46O5/c1-2-3-4-5-6-7-8-9-10-11-12-13-14-15-16-17-18-28-22-20-29-24(23(22)27)21(26)19-25/h12-13,21-27H,2-11,14-20H2,1H3/b13-12+/t21-,22+,23+,24+/m0/s1. The number of aliphatic hydroxyl groups excluding tert-OH is 3. The van der Waals surface area contributed by atoms with E-state index in [-0.39, 0.29) is 6.61 Å². The monoisotopic (exact) mass is 414 g/mol. The Labute approximate surface area is 178 Å². The molecule has 0 amide bonds. The molecular weight excluding hydrogens is 368 g/mol. The van der Waals surface area contributed by atoms with Crippen LogP contribution in [0.2, 0.25) is 0 Å². The summed E-state index contributed by atoms with van der Waals surface area (Å²) in [7, 11) is 0. The summed E-state index contributed by atoms with van der Waals surface area (Å²) in [5.74, 6) is 0. The number of allylic oxidation sites excluding steroid dienone is 2. The van der Waals surface area contributed by atoms with Crippen LogP contribution < -0.4 is 0 Å². The van der Waals surface area contributed by atoms with Crippen molar-refractivity contribution in [2.75, 3.05) is 19.8 Å². The summed E-state index contributed by atoms with van der Waals surface area (Å²) in [6, 6.07) is 0. The Balaban J connectivity index is 1.84. The fourth-order valence-electron chi connectivity index (χ4n) is 3.79. The van der Waals surface area contributed by atoms with E-state index in [4.69, 9.17) is 14.6 Å². The minimum Gasteiger partial charge on any atom is -0.394 e. The van der Waals surface area contributed by atoms with Crippen molar-refractivity contribution in [3.8, 4) is 0 Å². The van der Waals surface area contributed by atoms with Crippen LogP contribution in [0.4, 0.5) is 0 Å². The van der Waals surface area contributed by atoms with Gasteiger partial charge in [0, 0.05) is 6.61 Å².